The molecule has 0 spiro atoms. The van der Waals surface area contributed by atoms with Gasteiger partial charge in [0.2, 0.25) is 5.91 Å². The number of amides is 1. The average Bonchev–Trinajstić information content (AvgIpc) is 2.36. The van der Waals surface area contributed by atoms with E-state index in [-0.39, 0.29) is 18.2 Å². The highest BCUT2D eigenvalue weighted by molar-refractivity contribution is 5.83. The van der Waals surface area contributed by atoms with Crippen LogP contribution in [0.1, 0.15) is 32.3 Å². The number of nitrogens with one attached hydrogen (secondary N) is 1. The van der Waals surface area contributed by atoms with Gasteiger partial charge in [0.1, 0.15) is 6.04 Å². The van der Waals surface area contributed by atoms with Gasteiger partial charge in [-0.15, -0.1) is 0 Å². The summed E-state index contributed by atoms with van der Waals surface area (Å²) in [5.74, 6) is -0.982. The molecule has 1 unspecified atom stereocenters. The molecule has 1 atom stereocenters. The number of aromatic nitrogens is 1. The number of hydrogen-bond donors (Lipinski definition) is 2. The standard InChI is InChI=1S/C15H22N2O3/c1-11(2)10-13(15(19)20)16-14(18)6-9-17-7-4-12(3)5-8-17/h4-5,7-8,11,13H,6,9-10H2,1-3H3,(H-,16,18,19,20)/p+1. The van der Waals surface area contributed by atoms with Gasteiger partial charge in [0.15, 0.2) is 18.9 Å². The van der Waals surface area contributed by atoms with E-state index in [9.17, 15) is 9.59 Å². The number of nitrogens with zero attached hydrogens (tertiary/aromatic N) is 1. The van der Waals surface area contributed by atoms with Crippen LogP contribution in [0.4, 0.5) is 0 Å². The first-order valence-corrected chi connectivity index (χ1v) is 6.86. The second-order valence-electron chi connectivity index (χ2n) is 5.45. The van der Waals surface area contributed by atoms with Crippen LogP contribution in [0.2, 0.25) is 0 Å². The van der Waals surface area contributed by atoms with Crippen LogP contribution in [0.25, 0.3) is 0 Å². The summed E-state index contributed by atoms with van der Waals surface area (Å²) >= 11 is 0. The number of carboxylic acids is 1. The molecule has 5 heteroatoms. The van der Waals surface area contributed by atoms with Crippen LogP contribution in [-0.4, -0.2) is 23.0 Å². The van der Waals surface area contributed by atoms with Crippen molar-refractivity contribution in [2.75, 3.05) is 0 Å². The molecule has 0 aliphatic heterocycles. The van der Waals surface area contributed by atoms with Gasteiger partial charge in [0, 0.05) is 12.1 Å². The summed E-state index contributed by atoms with van der Waals surface area (Å²) in [5.41, 5.74) is 1.16. The molecule has 5 nitrogen and oxygen atoms in total. The molecule has 2 N–H and O–H groups in total. The van der Waals surface area contributed by atoms with E-state index in [1.807, 2.05) is 49.9 Å². The van der Waals surface area contributed by atoms with Gasteiger partial charge >= 0.3 is 5.97 Å². The predicted molar refractivity (Wildman–Crippen MR) is 75.0 cm³/mol. The molecule has 1 aromatic rings. The molecule has 0 saturated heterocycles. The van der Waals surface area contributed by atoms with Crippen molar-refractivity contribution in [3.8, 4) is 0 Å². The van der Waals surface area contributed by atoms with Crippen molar-refractivity contribution in [3.63, 3.8) is 0 Å². The highest BCUT2D eigenvalue weighted by Crippen LogP contribution is 2.05. The van der Waals surface area contributed by atoms with Gasteiger partial charge in [-0.25, -0.2) is 9.36 Å². The van der Waals surface area contributed by atoms with Crippen molar-refractivity contribution in [1.82, 2.24) is 5.32 Å². The molecule has 1 amide bonds. The number of hydrogen-bond acceptors (Lipinski definition) is 2. The zero-order valence-electron chi connectivity index (χ0n) is 12.3. The summed E-state index contributed by atoms with van der Waals surface area (Å²) in [6.45, 7) is 6.41. The molecule has 1 heterocycles. The minimum atomic E-state index is -0.977. The van der Waals surface area contributed by atoms with Crippen LogP contribution in [0, 0.1) is 12.8 Å². The molecule has 1 aromatic heterocycles. The summed E-state index contributed by atoms with van der Waals surface area (Å²) in [7, 11) is 0. The number of carbonyl (C=O) groups is 2. The monoisotopic (exact) mass is 279 g/mol. The number of carbonyl (C=O) groups excluding carboxylic acids is 1. The lowest BCUT2D eigenvalue weighted by Gasteiger charge is -2.15. The largest absolute Gasteiger partial charge is 0.480 e. The lowest BCUT2D eigenvalue weighted by atomic mass is 10.0. The maximum absolute atomic E-state index is 11.8. The summed E-state index contributed by atoms with van der Waals surface area (Å²) in [4.78, 5) is 22.9. The van der Waals surface area contributed by atoms with Crippen molar-refractivity contribution in [1.29, 1.82) is 0 Å². The van der Waals surface area contributed by atoms with Gasteiger partial charge in [-0.05, 0) is 24.8 Å². The number of pyridine rings is 1. The Morgan fingerprint density at radius 2 is 1.90 bits per heavy atom. The van der Waals surface area contributed by atoms with Crippen LogP contribution in [-0.2, 0) is 16.1 Å². The lowest BCUT2D eigenvalue weighted by Crippen LogP contribution is -2.43. The third-order valence-corrected chi connectivity index (χ3v) is 3.00. The summed E-state index contributed by atoms with van der Waals surface area (Å²) < 4.78 is 1.91. The molecule has 0 fully saturated rings. The Kier molecular flexibility index (Phi) is 6.15. The Labute approximate surface area is 119 Å². The third kappa shape index (κ3) is 5.82. The SMILES string of the molecule is Cc1cc[n+](CCC(=O)NC(CC(C)C)C(=O)O)cc1. The van der Waals surface area contributed by atoms with Crippen LogP contribution in [0.5, 0.6) is 0 Å². The van der Waals surface area contributed by atoms with E-state index in [1.165, 1.54) is 0 Å². The van der Waals surface area contributed by atoms with Gasteiger partial charge in [-0.3, -0.25) is 4.79 Å². The molecule has 0 saturated carbocycles. The molecule has 0 radical (unpaired) electrons. The number of carboxylic acid groups (broad SMARTS) is 1. The molecule has 0 aliphatic rings. The second-order valence-corrected chi connectivity index (χ2v) is 5.45. The van der Waals surface area contributed by atoms with E-state index in [4.69, 9.17) is 5.11 Å². The van der Waals surface area contributed by atoms with Crippen molar-refractivity contribution in [2.45, 2.75) is 46.2 Å². The Balaban J connectivity index is 2.45. The lowest BCUT2D eigenvalue weighted by molar-refractivity contribution is -0.695. The highest BCUT2D eigenvalue weighted by atomic mass is 16.4. The van der Waals surface area contributed by atoms with Crippen LogP contribution < -0.4 is 9.88 Å². The molecule has 0 bridgehead atoms. The van der Waals surface area contributed by atoms with Crippen molar-refractivity contribution < 1.29 is 19.3 Å². The molecule has 110 valence electrons. The minimum absolute atomic E-state index is 0.225. The molecule has 1 rings (SSSR count). The minimum Gasteiger partial charge on any atom is -0.480 e. The number of rotatable bonds is 7. The topological polar surface area (TPSA) is 70.3 Å². The molecule has 0 aliphatic carbocycles. The fourth-order valence-corrected chi connectivity index (χ4v) is 1.87. The van der Waals surface area contributed by atoms with Crippen LogP contribution in [0.3, 0.4) is 0 Å². The first kappa shape index (κ1) is 16.1. The van der Waals surface area contributed by atoms with Gasteiger partial charge < -0.3 is 10.4 Å². The fraction of sp³-hybridized carbons (Fsp3) is 0.533. The van der Waals surface area contributed by atoms with E-state index in [0.717, 1.165) is 5.56 Å². The molecule has 0 aromatic carbocycles. The van der Waals surface area contributed by atoms with Crippen molar-refractivity contribution >= 4 is 11.9 Å². The summed E-state index contributed by atoms with van der Waals surface area (Å²) in [6.07, 6.45) is 4.53. The van der Waals surface area contributed by atoms with Crippen molar-refractivity contribution in [2.24, 2.45) is 5.92 Å². The average molecular weight is 279 g/mol. The van der Waals surface area contributed by atoms with Crippen LogP contribution in [0.15, 0.2) is 24.5 Å². The molecular weight excluding hydrogens is 256 g/mol. The Bertz CT molecular complexity index is 455. The maximum atomic E-state index is 11.8. The maximum Gasteiger partial charge on any atom is 0.326 e. The van der Waals surface area contributed by atoms with E-state index < -0.39 is 12.0 Å². The number of aryl methyl sites for hydroxylation is 2. The Morgan fingerprint density at radius 1 is 1.30 bits per heavy atom. The summed E-state index contributed by atoms with van der Waals surface area (Å²) in [5, 5.41) is 11.6. The fourth-order valence-electron chi connectivity index (χ4n) is 1.87. The first-order valence-electron chi connectivity index (χ1n) is 6.86. The van der Waals surface area contributed by atoms with Gasteiger partial charge in [-0.1, -0.05) is 13.8 Å². The molecule has 20 heavy (non-hydrogen) atoms. The Morgan fingerprint density at radius 3 is 2.40 bits per heavy atom. The van der Waals surface area contributed by atoms with Gasteiger partial charge in [0.25, 0.3) is 0 Å². The second kappa shape index (κ2) is 7.62. The normalized spacial score (nSPS) is 12.2. The Hall–Kier alpha value is -1.91. The zero-order chi connectivity index (χ0) is 15.1. The first-order chi connectivity index (χ1) is 9.38. The smallest absolute Gasteiger partial charge is 0.326 e. The third-order valence-electron chi connectivity index (χ3n) is 3.00. The van der Waals surface area contributed by atoms with E-state index in [1.54, 1.807) is 0 Å². The zero-order valence-corrected chi connectivity index (χ0v) is 12.3. The van der Waals surface area contributed by atoms with Crippen LogP contribution >= 0.6 is 0 Å². The van der Waals surface area contributed by atoms with E-state index >= 15 is 0 Å². The van der Waals surface area contributed by atoms with Crippen molar-refractivity contribution in [3.05, 3.63) is 30.1 Å². The van der Waals surface area contributed by atoms with E-state index in [0.29, 0.717) is 13.0 Å². The highest BCUT2D eigenvalue weighted by Gasteiger charge is 2.21. The summed E-state index contributed by atoms with van der Waals surface area (Å²) in [6, 6.07) is 3.14. The van der Waals surface area contributed by atoms with Gasteiger partial charge in [0.05, 0.1) is 6.42 Å². The molecular formula is C15H23N2O3+. The quantitative estimate of drug-likeness (QED) is 0.739. The number of aliphatic carboxylic acids is 1. The predicted octanol–water partition coefficient (Wildman–Crippen LogP) is 1.29. The van der Waals surface area contributed by atoms with Gasteiger partial charge in [-0.2, -0.15) is 0 Å². The van der Waals surface area contributed by atoms with E-state index in [2.05, 4.69) is 5.32 Å².